The topological polar surface area (TPSA) is 41.8 Å². The highest BCUT2D eigenvalue weighted by Gasteiger charge is 2.04. The van der Waals surface area contributed by atoms with Crippen LogP contribution in [0.3, 0.4) is 0 Å². The van der Waals surface area contributed by atoms with Gasteiger partial charge in [-0.15, -0.1) is 12.4 Å². The standard InChI is InChI=1S/C10H11ClN2.ClH/c11-9-3-1-2-8-7(4-5-12)6-13-10(8)9;/h1-3,6,13H,4-5,12H2;1H. The van der Waals surface area contributed by atoms with Crippen molar-refractivity contribution in [3.63, 3.8) is 0 Å². The summed E-state index contributed by atoms with van der Waals surface area (Å²) in [4.78, 5) is 3.15. The first-order valence-electron chi connectivity index (χ1n) is 4.27. The second-order valence-corrected chi connectivity index (χ2v) is 3.42. The minimum Gasteiger partial charge on any atom is -0.360 e. The molecule has 4 heteroatoms. The number of halogens is 2. The van der Waals surface area contributed by atoms with Crippen LogP contribution in [-0.4, -0.2) is 11.5 Å². The molecule has 0 amide bonds. The Morgan fingerprint density at radius 3 is 2.86 bits per heavy atom. The average molecular weight is 231 g/mol. The van der Waals surface area contributed by atoms with E-state index in [1.807, 2.05) is 18.3 Å². The molecule has 0 aliphatic heterocycles. The maximum absolute atomic E-state index is 6.01. The molecule has 0 unspecified atom stereocenters. The predicted octanol–water partition coefficient (Wildman–Crippen LogP) is 2.74. The average Bonchev–Trinajstić information content (AvgIpc) is 2.51. The summed E-state index contributed by atoms with van der Waals surface area (Å²) in [6, 6.07) is 5.90. The van der Waals surface area contributed by atoms with E-state index in [0.29, 0.717) is 6.54 Å². The zero-order chi connectivity index (χ0) is 9.26. The first kappa shape index (κ1) is 11.4. The van der Waals surface area contributed by atoms with E-state index >= 15 is 0 Å². The number of aromatic amines is 1. The van der Waals surface area contributed by atoms with Crippen molar-refractivity contribution < 1.29 is 0 Å². The van der Waals surface area contributed by atoms with Crippen molar-refractivity contribution in [3.8, 4) is 0 Å². The lowest BCUT2D eigenvalue weighted by atomic mass is 10.1. The monoisotopic (exact) mass is 230 g/mol. The lowest BCUT2D eigenvalue weighted by Crippen LogP contribution is -2.01. The molecule has 0 saturated heterocycles. The third-order valence-electron chi connectivity index (χ3n) is 2.16. The van der Waals surface area contributed by atoms with Gasteiger partial charge in [0.2, 0.25) is 0 Å². The van der Waals surface area contributed by atoms with Crippen LogP contribution in [0.5, 0.6) is 0 Å². The maximum Gasteiger partial charge on any atom is 0.0647 e. The fourth-order valence-electron chi connectivity index (χ4n) is 1.54. The zero-order valence-electron chi connectivity index (χ0n) is 7.59. The summed E-state index contributed by atoms with van der Waals surface area (Å²) in [6.07, 6.45) is 2.86. The van der Waals surface area contributed by atoms with E-state index in [0.717, 1.165) is 17.0 Å². The Kier molecular flexibility index (Phi) is 3.81. The summed E-state index contributed by atoms with van der Waals surface area (Å²) in [5, 5.41) is 1.94. The Hall–Kier alpha value is -0.700. The second kappa shape index (κ2) is 4.69. The van der Waals surface area contributed by atoms with Crippen LogP contribution in [0.15, 0.2) is 24.4 Å². The summed E-state index contributed by atoms with van der Waals surface area (Å²) in [5.74, 6) is 0. The number of H-pyrrole nitrogens is 1. The fourth-order valence-corrected chi connectivity index (χ4v) is 1.77. The molecule has 1 aromatic heterocycles. The molecule has 0 aliphatic rings. The minimum atomic E-state index is 0. The van der Waals surface area contributed by atoms with Gasteiger partial charge in [-0.25, -0.2) is 0 Å². The van der Waals surface area contributed by atoms with Gasteiger partial charge in [-0.05, 0) is 24.6 Å². The van der Waals surface area contributed by atoms with Crippen molar-refractivity contribution in [2.45, 2.75) is 6.42 Å². The number of hydrogen-bond donors (Lipinski definition) is 2. The lowest BCUT2D eigenvalue weighted by molar-refractivity contribution is 0.976. The molecule has 0 radical (unpaired) electrons. The Labute approximate surface area is 93.8 Å². The van der Waals surface area contributed by atoms with Crippen molar-refractivity contribution in [2.24, 2.45) is 5.73 Å². The molecule has 0 aliphatic carbocycles. The molecule has 2 aromatic rings. The van der Waals surface area contributed by atoms with Gasteiger partial charge in [0.05, 0.1) is 10.5 Å². The molecule has 14 heavy (non-hydrogen) atoms. The van der Waals surface area contributed by atoms with E-state index in [4.69, 9.17) is 17.3 Å². The second-order valence-electron chi connectivity index (χ2n) is 3.01. The van der Waals surface area contributed by atoms with Crippen LogP contribution in [0.2, 0.25) is 5.02 Å². The largest absolute Gasteiger partial charge is 0.360 e. The Morgan fingerprint density at radius 1 is 1.36 bits per heavy atom. The molecule has 0 saturated carbocycles. The van der Waals surface area contributed by atoms with Crippen LogP contribution in [0.1, 0.15) is 5.56 Å². The highest BCUT2D eigenvalue weighted by atomic mass is 35.5. The van der Waals surface area contributed by atoms with E-state index in [1.165, 1.54) is 10.9 Å². The molecule has 3 N–H and O–H groups in total. The normalized spacial score (nSPS) is 10.1. The smallest absolute Gasteiger partial charge is 0.0647 e. The first-order valence-corrected chi connectivity index (χ1v) is 4.65. The van der Waals surface area contributed by atoms with Crippen molar-refractivity contribution in [1.82, 2.24) is 4.98 Å². The summed E-state index contributed by atoms with van der Waals surface area (Å²) < 4.78 is 0. The quantitative estimate of drug-likeness (QED) is 0.819. The van der Waals surface area contributed by atoms with Gasteiger partial charge in [0, 0.05) is 11.6 Å². The molecule has 2 rings (SSSR count). The van der Waals surface area contributed by atoms with Gasteiger partial charge in [-0.2, -0.15) is 0 Å². The van der Waals surface area contributed by atoms with E-state index in [1.54, 1.807) is 0 Å². The molecule has 0 spiro atoms. The molecular formula is C10H12Cl2N2. The van der Waals surface area contributed by atoms with Gasteiger partial charge in [-0.3, -0.25) is 0 Å². The van der Waals surface area contributed by atoms with E-state index in [2.05, 4.69) is 11.1 Å². The minimum absolute atomic E-state index is 0. The molecule has 1 aromatic carbocycles. The molecule has 0 atom stereocenters. The van der Waals surface area contributed by atoms with Crippen molar-refractivity contribution in [2.75, 3.05) is 6.54 Å². The Bertz CT molecular complexity index is 423. The highest BCUT2D eigenvalue weighted by Crippen LogP contribution is 2.24. The fraction of sp³-hybridized carbons (Fsp3) is 0.200. The van der Waals surface area contributed by atoms with Crippen molar-refractivity contribution in [1.29, 1.82) is 0 Å². The number of para-hydroxylation sites is 1. The Balaban J connectivity index is 0.000000980. The third-order valence-corrected chi connectivity index (χ3v) is 2.48. The number of hydrogen-bond acceptors (Lipinski definition) is 1. The van der Waals surface area contributed by atoms with Crippen LogP contribution in [0.4, 0.5) is 0 Å². The van der Waals surface area contributed by atoms with Crippen molar-refractivity contribution >= 4 is 34.9 Å². The first-order chi connectivity index (χ1) is 6.33. The van der Waals surface area contributed by atoms with Gasteiger partial charge in [0.1, 0.15) is 0 Å². The molecular weight excluding hydrogens is 219 g/mol. The van der Waals surface area contributed by atoms with Crippen molar-refractivity contribution in [3.05, 3.63) is 35.0 Å². The summed E-state index contributed by atoms with van der Waals surface area (Å²) in [6.45, 7) is 0.666. The van der Waals surface area contributed by atoms with Gasteiger partial charge >= 0.3 is 0 Å². The highest BCUT2D eigenvalue weighted by molar-refractivity contribution is 6.35. The number of rotatable bonds is 2. The van der Waals surface area contributed by atoms with Gasteiger partial charge < -0.3 is 10.7 Å². The van der Waals surface area contributed by atoms with E-state index < -0.39 is 0 Å². The van der Waals surface area contributed by atoms with Crippen LogP contribution in [0, 0.1) is 0 Å². The van der Waals surface area contributed by atoms with Crippen LogP contribution < -0.4 is 5.73 Å². The molecule has 0 fully saturated rings. The van der Waals surface area contributed by atoms with E-state index in [-0.39, 0.29) is 12.4 Å². The molecule has 76 valence electrons. The van der Waals surface area contributed by atoms with Gasteiger partial charge in [0.25, 0.3) is 0 Å². The summed E-state index contributed by atoms with van der Waals surface area (Å²) >= 11 is 6.01. The predicted molar refractivity (Wildman–Crippen MR) is 63.3 cm³/mol. The Morgan fingerprint density at radius 2 is 2.14 bits per heavy atom. The number of benzene rings is 1. The summed E-state index contributed by atoms with van der Waals surface area (Å²) in [7, 11) is 0. The third kappa shape index (κ3) is 1.87. The SMILES string of the molecule is Cl.NCCc1c[nH]c2c(Cl)cccc12. The molecule has 2 nitrogen and oxygen atoms in total. The molecule has 0 bridgehead atoms. The zero-order valence-corrected chi connectivity index (χ0v) is 9.16. The number of nitrogens with two attached hydrogens (primary N) is 1. The number of nitrogens with one attached hydrogen (secondary N) is 1. The number of fused-ring (bicyclic) bond motifs is 1. The number of aromatic nitrogens is 1. The van der Waals surface area contributed by atoms with E-state index in [9.17, 15) is 0 Å². The molecule has 1 heterocycles. The van der Waals surface area contributed by atoms with Crippen LogP contribution in [-0.2, 0) is 6.42 Å². The van der Waals surface area contributed by atoms with Gasteiger partial charge in [0.15, 0.2) is 0 Å². The van der Waals surface area contributed by atoms with Crippen LogP contribution in [0.25, 0.3) is 10.9 Å². The summed E-state index contributed by atoms with van der Waals surface area (Å²) in [5.41, 5.74) is 7.75. The maximum atomic E-state index is 6.01. The van der Waals surface area contributed by atoms with Crippen LogP contribution >= 0.6 is 24.0 Å². The van der Waals surface area contributed by atoms with Gasteiger partial charge in [-0.1, -0.05) is 23.7 Å². The lowest BCUT2D eigenvalue weighted by Gasteiger charge is -1.96.